The van der Waals surface area contributed by atoms with Crippen molar-refractivity contribution < 1.29 is 9.90 Å². The number of benzene rings is 2. The number of pyridine rings is 1. The van der Waals surface area contributed by atoms with E-state index < -0.39 is 6.09 Å². The van der Waals surface area contributed by atoms with E-state index in [0.29, 0.717) is 11.5 Å². The SMILES string of the molecule is O=C(O)N(c1ccccc1)c1ccc2cccc(Br)c2n1. The fraction of sp³-hybridized carbons (Fsp3) is 0. The number of para-hydroxylation sites is 2. The Labute approximate surface area is 129 Å². The predicted octanol–water partition coefficient (Wildman–Crippen LogP) is 4.81. The second-order valence-electron chi connectivity index (χ2n) is 4.43. The molecule has 3 aromatic rings. The fourth-order valence-electron chi connectivity index (χ4n) is 2.14. The maximum absolute atomic E-state index is 11.6. The number of carbonyl (C=O) groups is 1. The van der Waals surface area contributed by atoms with Crippen molar-refractivity contribution >= 4 is 44.4 Å². The molecule has 0 bridgehead atoms. The number of hydrogen-bond donors (Lipinski definition) is 1. The van der Waals surface area contributed by atoms with E-state index in [1.54, 1.807) is 30.3 Å². The van der Waals surface area contributed by atoms with Gasteiger partial charge in [-0.3, -0.25) is 0 Å². The molecule has 21 heavy (non-hydrogen) atoms. The molecule has 3 rings (SSSR count). The van der Waals surface area contributed by atoms with E-state index in [9.17, 15) is 9.90 Å². The van der Waals surface area contributed by atoms with Crippen molar-refractivity contribution in [2.24, 2.45) is 0 Å². The third-order valence-electron chi connectivity index (χ3n) is 3.09. The third kappa shape index (κ3) is 2.60. The van der Waals surface area contributed by atoms with Gasteiger partial charge in [0.05, 0.1) is 11.2 Å². The van der Waals surface area contributed by atoms with E-state index in [1.807, 2.05) is 30.3 Å². The van der Waals surface area contributed by atoms with Crippen LogP contribution in [0.5, 0.6) is 0 Å². The van der Waals surface area contributed by atoms with Crippen molar-refractivity contribution in [3.8, 4) is 0 Å². The van der Waals surface area contributed by atoms with E-state index in [-0.39, 0.29) is 0 Å². The first-order valence-electron chi connectivity index (χ1n) is 6.30. The summed E-state index contributed by atoms with van der Waals surface area (Å²) in [6, 6.07) is 18.2. The van der Waals surface area contributed by atoms with Crippen molar-refractivity contribution in [3.63, 3.8) is 0 Å². The van der Waals surface area contributed by atoms with Gasteiger partial charge in [-0.05, 0) is 46.3 Å². The van der Waals surface area contributed by atoms with Crippen molar-refractivity contribution in [1.29, 1.82) is 0 Å². The zero-order valence-corrected chi connectivity index (χ0v) is 12.5. The molecule has 1 N–H and O–H groups in total. The zero-order valence-electron chi connectivity index (χ0n) is 10.9. The summed E-state index contributed by atoms with van der Waals surface area (Å²) in [5.74, 6) is 0.369. The smallest absolute Gasteiger partial charge is 0.417 e. The normalized spacial score (nSPS) is 10.5. The molecule has 0 aliphatic rings. The lowest BCUT2D eigenvalue weighted by Gasteiger charge is -2.18. The van der Waals surface area contributed by atoms with Gasteiger partial charge < -0.3 is 5.11 Å². The molecular weight excluding hydrogens is 332 g/mol. The Hall–Kier alpha value is -2.40. The average molecular weight is 343 g/mol. The average Bonchev–Trinajstić information content (AvgIpc) is 2.49. The standard InChI is InChI=1S/C16H11BrN2O2/c17-13-8-4-5-11-9-10-14(18-15(11)13)19(16(20)21)12-6-2-1-3-7-12/h1-10H,(H,20,21). The second-order valence-corrected chi connectivity index (χ2v) is 5.29. The van der Waals surface area contributed by atoms with Gasteiger partial charge in [-0.25, -0.2) is 14.7 Å². The van der Waals surface area contributed by atoms with Crippen molar-refractivity contribution in [2.75, 3.05) is 4.90 Å². The minimum absolute atomic E-state index is 0.369. The topological polar surface area (TPSA) is 53.4 Å². The number of halogens is 1. The highest BCUT2D eigenvalue weighted by molar-refractivity contribution is 9.10. The van der Waals surface area contributed by atoms with Gasteiger partial charge in [0.1, 0.15) is 5.82 Å². The van der Waals surface area contributed by atoms with Gasteiger partial charge >= 0.3 is 6.09 Å². The molecule has 0 radical (unpaired) electrons. The largest absolute Gasteiger partial charge is 0.464 e. The second kappa shape index (κ2) is 5.54. The summed E-state index contributed by atoms with van der Waals surface area (Å²) in [6.45, 7) is 0. The Morgan fingerprint density at radius 3 is 2.48 bits per heavy atom. The van der Waals surface area contributed by atoms with Crippen LogP contribution in [0.2, 0.25) is 0 Å². The Morgan fingerprint density at radius 2 is 1.76 bits per heavy atom. The Morgan fingerprint density at radius 1 is 1.00 bits per heavy atom. The van der Waals surface area contributed by atoms with Crippen LogP contribution < -0.4 is 4.90 Å². The maximum atomic E-state index is 11.6. The van der Waals surface area contributed by atoms with Gasteiger partial charge in [-0.15, -0.1) is 0 Å². The molecule has 4 nitrogen and oxygen atoms in total. The van der Waals surface area contributed by atoms with Gasteiger partial charge in [0.2, 0.25) is 0 Å². The van der Waals surface area contributed by atoms with Crippen LogP contribution in [0, 0.1) is 0 Å². The first-order chi connectivity index (χ1) is 10.2. The van der Waals surface area contributed by atoms with E-state index in [2.05, 4.69) is 20.9 Å². The predicted molar refractivity (Wildman–Crippen MR) is 86.0 cm³/mol. The molecule has 0 spiro atoms. The minimum Gasteiger partial charge on any atom is -0.464 e. The number of nitrogens with zero attached hydrogens (tertiary/aromatic N) is 2. The van der Waals surface area contributed by atoms with Crippen LogP contribution >= 0.6 is 15.9 Å². The number of hydrogen-bond acceptors (Lipinski definition) is 2. The molecule has 0 atom stereocenters. The monoisotopic (exact) mass is 342 g/mol. The highest BCUT2D eigenvalue weighted by Crippen LogP contribution is 2.28. The molecule has 0 saturated heterocycles. The number of anilines is 2. The van der Waals surface area contributed by atoms with Crippen LogP contribution in [0.3, 0.4) is 0 Å². The van der Waals surface area contributed by atoms with Crippen molar-refractivity contribution in [2.45, 2.75) is 0 Å². The summed E-state index contributed by atoms with van der Waals surface area (Å²) in [7, 11) is 0. The molecule has 0 aliphatic heterocycles. The number of rotatable bonds is 2. The fourth-order valence-corrected chi connectivity index (χ4v) is 2.61. The van der Waals surface area contributed by atoms with Crippen molar-refractivity contribution in [3.05, 3.63) is 65.1 Å². The van der Waals surface area contributed by atoms with Crippen LogP contribution in [0.15, 0.2) is 65.1 Å². The van der Waals surface area contributed by atoms with E-state index >= 15 is 0 Å². The quantitative estimate of drug-likeness (QED) is 0.726. The molecule has 0 unspecified atom stereocenters. The molecule has 0 aliphatic carbocycles. The maximum Gasteiger partial charge on any atom is 0.417 e. The molecule has 1 amide bonds. The van der Waals surface area contributed by atoms with Crippen LogP contribution in [-0.4, -0.2) is 16.2 Å². The summed E-state index contributed by atoms with van der Waals surface area (Å²) < 4.78 is 0.834. The van der Waals surface area contributed by atoms with Crippen LogP contribution in [-0.2, 0) is 0 Å². The molecule has 0 fully saturated rings. The van der Waals surface area contributed by atoms with Gasteiger partial charge in [-0.1, -0.05) is 30.3 Å². The molecule has 2 aromatic carbocycles. The molecule has 5 heteroatoms. The molecule has 0 saturated carbocycles. The highest BCUT2D eigenvalue weighted by atomic mass is 79.9. The van der Waals surface area contributed by atoms with Crippen LogP contribution in [0.25, 0.3) is 10.9 Å². The summed E-state index contributed by atoms with van der Waals surface area (Å²) >= 11 is 3.44. The number of fused-ring (bicyclic) bond motifs is 1. The first kappa shape index (κ1) is 13.6. The van der Waals surface area contributed by atoms with E-state index in [0.717, 1.165) is 15.4 Å². The van der Waals surface area contributed by atoms with Gasteiger partial charge in [0.25, 0.3) is 0 Å². The first-order valence-corrected chi connectivity index (χ1v) is 7.09. The van der Waals surface area contributed by atoms with E-state index in [4.69, 9.17) is 0 Å². The summed E-state index contributed by atoms with van der Waals surface area (Å²) in [4.78, 5) is 17.2. The number of amides is 1. The van der Waals surface area contributed by atoms with Crippen LogP contribution in [0.1, 0.15) is 0 Å². The van der Waals surface area contributed by atoms with Crippen molar-refractivity contribution in [1.82, 2.24) is 4.98 Å². The van der Waals surface area contributed by atoms with E-state index in [1.165, 1.54) is 4.90 Å². The molecular formula is C16H11BrN2O2. The number of carboxylic acid groups (broad SMARTS) is 1. The Kier molecular flexibility index (Phi) is 3.58. The lowest BCUT2D eigenvalue weighted by Crippen LogP contribution is -2.24. The minimum atomic E-state index is -1.07. The van der Waals surface area contributed by atoms with Gasteiger partial charge in [0.15, 0.2) is 0 Å². The zero-order chi connectivity index (χ0) is 14.8. The third-order valence-corrected chi connectivity index (χ3v) is 3.73. The van der Waals surface area contributed by atoms with Gasteiger partial charge in [-0.2, -0.15) is 0 Å². The van der Waals surface area contributed by atoms with Gasteiger partial charge in [0, 0.05) is 9.86 Å². The molecule has 104 valence electrons. The molecule has 1 heterocycles. The highest BCUT2D eigenvalue weighted by Gasteiger charge is 2.18. The number of aromatic nitrogens is 1. The lowest BCUT2D eigenvalue weighted by molar-refractivity contribution is 0.204. The van der Waals surface area contributed by atoms with Crippen LogP contribution in [0.4, 0.5) is 16.3 Å². The summed E-state index contributed by atoms with van der Waals surface area (Å²) in [6.07, 6.45) is -1.07. The summed E-state index contributed by atoms with van der Waals surface area (Å²) in [5, 5.41) is 10.4. The lowest BCUT2D eigenvalue weighted by atomic mass is 10.2. The molecule has 1 aromatic heterocycles. The summed E-state index contributed by atoms with van der Waals surface area (Å²) in [5.41, 5.74) is 1.29. The Balaban J connectivity index is 2.17. The Bertz CT molecular complexity index is 806.